The van der Waals surface area contributed by atoms with Gasteiger partial charge in [0.15, 0.2) is 17.5 Å². The van der Waals surface area contributed by atoms with Gasteiger partial charge in [0.25, 0.3) is 11.8 Å². The van der Waals surface area contributed by atoms with E-state index in [2.05, 4.69) is 36.9 Å². The maximum absolute atomic E-state index is 13.0. The molecule has 2 amide bonds. The number of hydrogen-bond donors (Lipinski definition) is 4. The molecule has 2 atom stereocenters. The number of nitrogens with one attached hydrogen (secondary N) is 1. The number of carbonyl (C=O) groups excluding carboxylic acids is 2. The van der Waals surface area contributed by atoms with Crippen molar-refractivity contribution in [3.05, 3.63) is 22.3 Å². The Hall–Kier alpha value is -3.66. The average molecular weight is 566 g/mol. The molecule has 0 aromatic carbocycles. The molecule has 2 aromatic rings. The maximum atomic E-state index is 13.0. The third kappa shape index (κ3) is 5.53. The Kier molecular flexibility index (Phi) is 8.27. The number of hydrogen-bond acceptors (Lipinski definition) is 14. The first-order valence-corrected chi connectivity index (χ1v) is 13.3. The Morgan fingerprint density at radius 2 is 2.27 bits per heavy atom. The minimum atomic E-state index is -1.27. The second kappa shape index (κ2) is 11.6. The molecule has 0 aliphatic carbocycles. The number of carboxylic acids is 1. The number of carboxylic acid groups (broad SMARTS) is 1. The number of aliphatic hydroxyl groups excluding tert-OH is 1. The summed E-state index contributed by atoms with van der Waals surface area (Å²) >= 11 is 3.58. The van der Waals surface area contributed by atoms with Crippen LogP contribution in [0.4, 0.5) is 5.13 Å². The predicted octanol–water partition coefficient (Wildman–Crippen LogP) is -1.41. The summed E-state index contributed by atoms with van der Waals surface area (Å²) in [6.45, 7) is -0.159. The first kappa shape index (κ1) is 26.4. The SMILES string of the molecule is C#CCO/N=C(\C(=O)NC1C(=O)N2C(C(=O)O)=C(CSc3nnnn3CCO)CS[C@H]12)c1csc(N)n1. The Balaban J connectivity index is 1.48. The van der Waals surface area contributed by atoms with Crippen molar-refractivity contribution in [2.75, 3.05) is 30.5 Å². The number of fused-ring (bicyclic) bond motifs is 1. The molecule has 1 fully saturated rings. The smallest absolute Gasteiger partial charge is 0.352 e. The lowest BCUT2D eigenvalue weighted by Gasteiger charge is -2.49. The van der Waals surface area contributed by atoms with Gasteiger partial charge in [-0.15, -0.1) is 34.6 Å². The second-order valence-electron chi connectivity index (χ2n) is 7.30. The van der Waals surface area contributed by atoms with Crippen LogP contribution in [-0.2, 0) is 25.8 Å². The van der Waals surface area contributed by atoms with E-state index >= 15 is 0 Å². The molecular weight excluding hydrogens is 546 g/mol. The number of aliphatic hydroxyl groups is 1. The number of β-lactam (4-membered cyclic amide) rings is 1. The van der Waals surface area contributed by atoms with E-state index in [1.165, 1.54) is 33.6 Å². The number of aliphatic carboxylic acids is 1. The Labute approximate surface area is 221 Å². The fourth-order valence-corrected chi connectivity index (χ4v) is 6.36. The van der Waals surface area contributed by atoms with Gasteiger partial charge < -0.3 is 26.1 Å². The van der Waals surface area contributed by atoms with Crippen LogP contribution in [0.1, 0.15) is 5.69 Å². The molecule has 2 aliphatic rings. The van der Waals surface area contributed by atoms with Gasteiger partial charge in [0.2, 0.25) is 5.16 Å². The van der Waals surface area contributed by atoms with Gasteiger partial charge in [0.05, 0.1) is 13.2 Å². The lowest BCUT2D eigenvalue weighted by Crippen LogP contribution is -2.71. The molecule has 0 spiro atoms. The Morgan fingerprint density at radius 3 is 2.95 bits per heavy atom. The second-order valence-corrected chi connectivity index (χ2v) is 10.2. The molecule has 37 heavy (non-hydrogen) atoms. The van der Waals surface area contributed by atoms with Gasteiger partial charge >= 0.3 is 5.97 Å². The lowest BCUT2D eigenvalue weighted by atomic mass is 10.0. The van der Waals surface area contributed by atoms with Crippen LogP contribution in [-0.4, -0.2) is 99.9 Å². The quantitative estimate of drug-likeness (QED) is 0.0617. The molecule has 0 radical (unpaired) electrons. The van der Waals surface area contributed by atoms with E-state index in [0.29, 0.717) is 16.5 Å². The van der Waals surface area contributed by atoms with Crippen molar-refractivity contribution < 1.29 is 29.4 Å². The summed E-state index contributed by atoms with van der Waals surface area (Å²) in [7, 11) is 0. The van der Waals surface area contributed by atoms with Crippen LogP contribution in [0.5, 0.6) is 0 Å². The number of anilines is 1. The highest BCUT2D eigenvalue weighted by molar-refractivity contribution is 8.01. The number of oxime groups is 1. The largest absolute Gasteiger partial charge is 0.477 e. The van der Waals surface area contributed by atoms with Crippen molar-refractivity contribution in [2.45, 2.75) is 23.1 Å². The van der Waals surface area contributed by atoms with Crippen LogP contribution < -0.4 is 11.1 Å². The van der Waals surface area contributed by atoms with Gasteiger partial charge in [-0.3, -0.25) is 14.5 Å². The molecule has 2 aliphatic heterocycles. The van der Waals surface area contributed by atoms with E-state index in [1.807, 2.05) is 0 Å². The van der Waals surface area contributed by atoms with Crippen LogP contribution in [0.3, 0.4) is 0 Å². The number of carbonyl (C=O) groups is 3. The molecule has 0 saturated carbocycles. The van der Waals surface area contributed by atoms with Crippen molar-refractivity contribution in [3.63, 3.8) is 0 Å². The van der Waals surface area contributed by atoms with E-state index in [1.54, 1.807) is 0 Å². The zero-order valence-corrected chi connectivity index (χ0v) is 21.3. The summed E-state index contributed by atoms with van der Waals surface area (Å²) in [6.07, 6.45) is 5.15. The van der Waals surface area contributed by atoms with Crippen LogP contribution >= 0.6 is 34.9 Å². The van der Waals surface area contributed by atoms with Crippen LogP contribution in [0.15, 0.2) is 27.0 Å². The number of nitrogens with zero attached hydrogens (tertiary/aromatic N) is 7. The average Bonchev–Trinajstić information content (AvgIpc) is 3.51. The third-order valence-corrected chi connectivity index (χ3v) is 8.06. The highest BCUT2D eigenvalue weighted by Gasteiger charge is 2.54. The molecular formula is C19H19N9O6S3. The minimum Gasteiger partial charge on any atom is -0.477 e. The molecule has 2 aromatic heterocycles. The van der Waals surface area contributed by atoms with Gasteiger partial charge in [-0.25, -0.2) is 14.5 Å². The van der Waals surface area contributed by atoms with E-state index < -0.39 is 29.2 Å². The molecule has 18 heteroatoms. The van der Waals surface area contributed by atoms with Crippen LogP contribution in [0.25, 0.3) is 0 Å². The number of nitrogens with two attached hydrogens (primary N) is 1. The van der Waals surface area contributed by atoms with Crippen LogP contribution in [0.2, 0.25) is 0 Å². The van der Waals surface area contributed by atoms with E-state index in [0.717, 1.165) is 16.2 Å². The van der Waals surface area contributed by atoms with Crippen molar-refractivity contribution in [3.8, 4) is 12.3 Å². The minimum absolute atomic E-state index is 0.144. The molecule has 1 saturated heterocycles. The van der Waals surface area contributed by atoms with E-state index in [-0.39, 0.29) is 47.7 Å². The van der Waals surface area contributed by atoms with Gasteiger partial charge in [-0.1, -0.05) is 22.8 Å². The maximum Gasteiger partial charge on any atom is 0.352 e. The summed E-state index contributed by atoms with van der Waals surface area (Å²) in [6, 6.07) is -0.994. The number of amides is 2. The molecule has 5 N–H and O–H groups in total. The summed E-state index contributed by atoms with van der Waals surface area (Å²) in [4.78, 5) is 48.2. The number of tetrazole rings is 1. The molecule has 15 nitrogen and oxygen atoms in total. The van der Waals surface area contributed by atoms with Crippen LogP contribution in [0, 0.1) is 12.3 Å². The highest BCUT2D eigenvalue weighted by Crippen LogP contribution is 2.41. The molecule has 1 unspecified atom stereocenters. The number of nitrogen functional groups attached to an aromatic ring is 1. The van der Waals surface area contributed by atoms with Gasteiger partial charge in [0.1, 0.15) is 22.8 Å². The topological polar surface area (TPSA) is 211 Å². The monoisotopic (exact) mass is 565 g/mol. The molecule has 0 bridgehead atoms. The lowest BCUT2D eigenvalue weighted by molar-refractivity contribution is -0.150. The summed E-state index contributed by atoms with van der Waals surface area (Å²) < 4.78 is 1.40. The Bertz CT molecular complexity index is 1320. The van der Waals surface area contributed by atoms with Crippen molar-refractivity contribution in [2.24, 2.45) is 5.16 Å². The van der Waals surface area contributed by atoms with Crippen molar-refractivity contribution in [1.82, 2.24) is 35.4 Å². The number of thiazole rings is 1. The number of terminal acetylenes is 1. The standard InChI is InChI=1S/C19H19N9O6S3/c1-2-5-34-24-11(10-8-36-18(20)21-10)14(30)22-12-15(31)28-13(17(32)33)9(6-35-16(12)28)7-37-19-23-25-26-27(19)3-4-29/h1,8,12,16,29H,3-7H2,(H2,20,21)(H,22,30)(H,32,33)/b24-11-/t12?,16-/m1/s1. The zero-order valence-electron chi connectivity index (χ0n) is 18.8. The summed E-state index contributed by atoms with van der Waals surface area (Å²) in [5.74, 6) is 0.125. The van der Waals surface area contributed by atoms with Gasteiger partial charge in [0, 0.05) is 16.9 Å². The molecule has 4 rings (SSSR count). The third-order valence-electron chi connectivity index (χ3n) is 5.01. The van der Waals surface area contributed by atoms with Crippen molar-refractivity contribution in [1.29, 1.82) is 0 Å². The predicted molar refractivity (Wildman–Crippen MR) is 133 cm³/mol. The Morgan fingerprint density at radius 1 is 1.46 bits per heavy atom. The van der Waals surface area contributed by atoms with Gasteiger partial charge in [-0.05, 0) is 16.0 Å². The first-order chi connectivity index (χ1) is 17.8. The van der Waals surface area contributed by atoms with E-state index in [9.17, 15) is 19.5 Å². The molecule has 4 heterocycles. The fraction of sp³-hybridized carbons (Fsp3) is 0.368. The fourth-order valence-electron chi connectivity index (χ4n) is 3.43. The normalized spacial score (nSPS) is 19.2. The highest BCUT2D eigenvalue weighted by atomic mass is 32.2. The zero-order chi connectivity index (χ0) is 26.5. The number of rotatable bonds is 11. The van der Waals surface area contributed by atoms with Gasteiger partial charge in [-0.2, -0.15) is 0 Å². The van der Waals surface area contributed by atoms with Crippen molar-refractivity contribution >= 4 is 63.5 Å². The number of aromatic nitrogens is 5. The summed E-state index contributed by atoms with van der Waals surface area (Å²) in [5, 5.41) is 38.0. The first-order valence-electron chi connectivity index (χ1n) is 10.4. The number of thioether (sulfide) groups is 2. The summed E-state index contributed by atoms with van der Waals surface area (Å²) in [5.41, 5.74) is 5.93. The molecule has 194 valence electrons. The van der Waals surface area contributed by atoms with E-state index in [4.69, 9.17) is 22.1 Å².